The second-order valence-corrected chi connectivity index (χ2v) is 5.32. The molecule has 1 amide bonds. The van der Waals surface area contributed by atoms with Gasteiger partial charge in [-0.25, -0.2) is 0 Å². The summed E-state index contributed by atoms with van der Waals surface area (Å²) in [6, 6.07) is 7.24. The number of benzene rings is 1. The zero-order valence-electron chi connectivity index (χ0n) is 11.5. The SMILES string of the molecule is O=C(O)CN1CCN(C(=O)/C=C/c2ccc(Cl)cc2)CC1. The molecule has 1 N–H and O–H groups in total. The molecule has 2 rings (SSSR count). The number of rotatable bonds is 4. The first-order chi connectivity index (χ1) is 10.0. The average molecular weight is 309 g/mol. The zero-order valence-corrected chi connectivity index (χ0v) is 12.3. The van der Waals surface area contributed by atoms with Crippen LogP contribution in [0.1, 0.15) is 5.56 Å². The Kier molecular flexibility index (Phi) is 5.36. The number of carbonyl (C=O) groups excluding carboxylic acids is 1. The fourth-order valence-electron chi connectivity index (χ4n) is 2.16. The van der Waals surface area contributed by atoms with E-state index in [-0.39, 0.29) is 12.5 Å². The molecule has 1 aromatic rings. The van der Waals surface area contributed by atoms with E-state index in [1.807, 2.05) is 17.0 Å². The third-order valence-corrected chi connectivity index (χ3v) is 3.58. The number of carbonyl (C=O) groups is 2. The van der Waals surface area contributed by atoms with Gasteiger partial charge in [0.1, 0.15) is 0 Å². The van der Waals surface area contributed by atoms with E-state index < -0.39 is 5.97 Å². The predicted octanol–water partition coefficient (Wildman–Crippen LogP) is 1.58. The first-order valence-corrected chi connectivity index (χ1v) is 7.09. The molecule has 1 aromatic carbocycles. The van der Waals surface area contributed by atoms with Gasteiger partial charge < -0.3 is 10.0 Å². The van der Waals surface area contributed by atoms with Crippen LogP contribution in [0.4, 0.5) is 0 Å². The summed E-state index contributed by atoms with van der Waals surface area (Å²) in [4.78, 5) is 26.2. The topological polar surface area (TPSA) is 60.9 Å². The number of hydrogen-bond donors (Lipinski definition) is 1. The minimum absolute atomic E-state index is 0.0304. The number of carboxylic acids is 1. The van der Waals surface area contributed by atoms with Gasteiger partial charge in [-0.2, -0.15) is 0 Å². The third-order valence-electron chi connectivity index (χ3n) is 3.33. The molecule has 0 atom stereocenters. The van der Waals surface area contributed by atoms with Crippen molar-refractivity contribution < 1.29 is 14.7 Å². The number of hydrogen-bond acceptors (Lipinski definition) is 3. The van der Waals surface area contributed by atoms with E-state index in [0.717, 1.165) is 5.56 Å². The smallest absolute Gasteiger partial charge is 0.317 e. The molecule has 0 aliphatic carbocycles. The molecule has 1 saturated heterocycles. The van der Waals surface area contributed by atoms with Crippen molar-refractivity contribution >= 4 is 29.6 Å². The van der Waals surface area contributed by atoms with Gasteiger partial charge in [-0.1, -0.05) is 23.7 Å². The van der Waals surface area contributed by atoms with E-state index >= 15 is 0 Å². The lowest BCUT2D eigenvalue weighted by Crippen LogP contribution is -2.49. The van der Waals surface area contributed by atoms with Crippen molar-refractivity contribution in [3.05, 3.63) is 40.9 Å². The van der Waals surface area contributed by atoms with Crippen molar-refractivity contribution in [2.75, 3.05) is 32.7 Å². The lowest BCUT2D eigenvalue weighted by Gasteiger charge is -2.33. The number of halogens is 1. The van der Waals surface area contributed by atoms with Gasteiger partial charge in [0.05, 0.1) is 6.54 Å². The standard InChI is InChI=1S/C15H17ClN2O3/c16-13-4-1-12(2-5-13)3-6-14(19)18-9-7-17(8-10-18)11-15(20)21/h1-6H,7-11H2,(H,20,21)/b6-3+. The molecule has 112 valence electrons. The summed E-state index contributed by atoms with van der Waals surface area (Å²) in [5.74, 6) is -0.891. The van der Waals surface area contributed by atoms with Crippen LogP contribution in [-0.2, 0) is 9.59 Å². The number of piperazine rings is 1. The Bertz CT molecular complexity index is 534. The minimum Gasteiger partial charge on any atom is -0.480 e. The highest BCUT2D eigenvalue weighted by Gasteiger charge is 2.20. The number of aliphatic carboxylic acids is 1. The molecule has 21 heavy (non-hydrogen) atoms. The molecule has 6 heteroatoms. The van der Waals surface area contributed by atoms with Gasteiger partial charge in [0.15, 0.2) is 0 Å². The second kappa shape index (κ2) is 7.24. The van der Waals surface area contributed by atoms with Gasteiger partial charge in [-0.05, 0) is 23.8 Å². The van der Waals surface area contributed by atoms with Crippen LogP contribution in [0.25, 0.3) is 6.08 Å². The summed E-state index contributed by atoms with van der Waals surface area (Å²) in [7, 11) is 0. The van der Waals surface area contributed by atoms with Crippen LogP contribution in [0.2, 0.25) is 5.02 Å². The van der Waals surface area contributed by atoms with Crippen molar-refractivity contribution in [1.29, 1.82) is 0 Å². The molecule has 5 nitrogen and oxygen atoms in total. The van der Waals surface area contributed by atoms with Crippen LogP contribution in [0.5, 0.6) is 0 Å². The van der Waals surface area contributed by atoms with Gasteiger partial charge in [-0.15, -0.1) is 0 Å². The second-order valence-electron chi connectivity index (χ2n) is 4.88. The van der Waals surface area contributed by atoms with E-state index in [1.54, 1.807) is 23.1 Å². The first kappa shape index (κ1) is 15.5. The highest BCUT2D eigenvalue weighted by molar-refractivity contribution is 6.30. The normalized spacial score (nSPS) is 16.3. The molecule has 0 radical (unpaired) electrons. The lowest BCUT2D eigenvalue weighted by molar-refractivity contribution is -0.139. The maximum absolute atomic E-state index is 12.0. The summed E-state index contributed by atoms with van der Waals surface area (Å²) < 4.78 is 0. The van der Waals surface area contributed by atoms with Crippen LogP contribution in [-0.4, -0.2) is 59.5 Å². The van der Waals surface area contributed by atoms with Crippen LogP contribution < -0.4 is 0 Å². The van der Waals surface area contributed by atoms with E-state index in [9.17, 15) is 9.59 Å². The Morgan fingerprint density at radius 3 is 2.33 bits per heavy atom. The monoisotopic (exact) mass is 308 g/mol. The molecule has 1 fully saturated rings. The summed E-state index contributed by atoms with van der Waals surface area (Å²) >= 11 is 5.80. The summed E-state index contributed by atoms with van der Waals surface area (Å²) in [6.07, 6.45) is 3.29. The fraction of sp³-hybridized carbons (Fsp3) is 0.333. The van der Waals surface area contributed by atoms with Crippen LogP contribution in [0.3, 0.4) is 0 Å². The maximum atomic E-state index is 12.0. The quantitative estimate of drug-likeness (QED) is 0.858. The van der Waals surface area contributed by atoms with Gasteiger partial charge in [0.25, 0.3) is 0 Å². The number of nitrogens with zero attached hydrogens (tertiary/aromatic N) is 2. The Labute approximate surface area is 128 Å². The van der Waals surface area contributed by atoms with Crippen LogP contribution >= 0.6 is 11.6 Å². The summed E-state index contributed by atoms with van der Waals surface area (Å²) in [5.41, 5.74) is 0.914. The number of amides is 1. The maximum Gasteiger partial charge on any atom is 0.317 e. The van der Waals surface area contributed by atoms with Crippen molar-refractivity contribution in [1.82, 2.24) is 9.80 Å². The highest BCUT2D eigenvalue weighted by Crippen LogP contribution is 2.11. The predicted molar refractivity (Wildman–Crippen MR) is 81.1 cm³/mol. The van der Waals surface area contributed by atoms with Gasteiger partial charge in [0, 0.05) is 37.3 Å². The minimum atomic E-state index is -0.836. The summed E-state index contributed by atoms with van der Waals surface area (Å²) in [5, 5.41) is 9.39. The van der Waals surface area contributed by atoms with E-state index in [0.29, 0.717) is 31.2 Å². The number of carboxylic acid groups (broad SMARTS) is 1. The zero-order chi connectivity index (χ0) is 15.2. The van der Waals surface area contributed by atoms with E-state index in [4.69, 9.17) is 16.7 Å². The Morgan fingerprint density at radius 2 is 1.76 bits per heavy atom. The molecule has 1 aliphatic rings. The van der Waals surface area contributed by atoms with E-state index in [2.05, 4.69) is 0 Å². The Balaban J connectivity index is 1.84. The molecule has 0 aromatic heterocycles. The van der Waals surface area contributed by atoms with Crippen molar-refractivity contribution in [3.63, 3.8) is 0 Å². The van der Waals surface area contributed by atoms with Crippen LogP contribution in [0.15, 0.2) is 30.3 Å². The van der Waals surface area contributed by atoms with Crippen molar-refractivity contribution in [2.45, 2.75) is 0 Å². The molecule has 1 aliphatic heterocycles. The molecule has 0 saturated carbocycles. The third kappa shape index (κ3) is 4.88. The Hall–Kier alpha value is -1.85. The molecule has 1 heterocycles. The highest BCUT2D eigenvalue weighted by atomic mass is 35.5. The van der Waals surface area contributed by atoms with Crippen molar-refractivity contribution in [2.24, 2.45) is 0 Å². The van der Waals surface area contributed by atoms with Crippen molar-refractivity contribution in [3.8, 4) is 0 Å². The molecule has 0 bridgehead atoms. The molecular weight excluding hydrogens is 292 g/mol. The largest absolute Gasteiger partial charge is 0.480 e. The first-order valence-electron chi connectivity index (χ1n) is 6.71. The lowest BCUT2D eigenvalue weighted by atomic mass is 10.2. The van der Waals surface area contributed by atoms with Gasteiger partial charge in [-0.3, -0.25) is 14.5 Å². The fourth-order valence-corrected chi connectivity index (χ4v) is 2.29. The molecule has 0 spiro atoms. The summed E-state index contributed by atoms with van der Waals surface area (Å²) in [6.45, 7) is 2.32. The average Bonchev–Trinajstić information content (AvgIpc) is 2.46. The Morgan fingerprint density at radius 1 is 1.14 bits per heavy atom. The molecule has 0 unspecified atom stereocenters. The van der Waals surface area contributed by atoms with E-state index in [1.165, 1.54) is 6.08 Å². The van der Waals surface area contributed by atoms with Crippen LogP contribution in [0, 0.1) is 0 Å². The van der Waals surface area contributed by atoms with Gasteiger partial charge >= 0.3 is 5.97 Å². The molecular formula is C15H17ClN2O3. The van der Waals surface area contributed by atoms with Gasteiger partial charge in [0.2, 0.25) is 5.91 Å².